The summed E-state index contributed by atoms with van der Waals surface area (Å²) in [6.07, 6.45) is -5.16. The van der Waals surface area contributed by atoms with Gasteiger partial charge in [0.2, 0.25) is 0 Å². The molecule has 3 rings (SSSR count). The fraction of sp³-hybridized carbons (Fsp3) is 0.233. The maximum Gasteiger partial charge on any atom is 0.490 e. The predicted octanol–water partition coefficient (Wildman–Crippen LogP) is 4.28. The fourth-order valence-electron chi connectivity index (χ4n) is 3.57. The molecule has 1 atom stereocenters. The van der Waals surface area contributed by atoms with E-state index in [1.165, 1.54) is 12.1 Å². The Labute approximate surface area is 256 Å². The van der Waals surface area contributed by atoms with E-state index in [1.807, 2.05) is 26.8 Å². The zero-order valence-electron chi connectivity index (χ0n) is 24.4. The standard InChI is InChI=1S/C28H30N6O4.C2HF3O2/c1-4-37-24-15-19(11-14-23(24)38-17(2)3)25(32-21-12-9-18(10-13-21)26(30)31)28(36)34-33-27(35)22-8-6-5-7-20(22)16-29;3-2(4,5)1(6)7/h5-15,17,25,32H,4H2,1-3H3,(H3,30,31)(H,33,35)(H,34,36);(H,6,7). The van der Waals surface area contributed by atoms with Crippen LogP contribution in [0.2, 0.25) is 0 Å². The Bertz CT molecular complexity index is 1550. The smallest absolute Gasteiger partial charge is 0.490 e. The van der Waals surface area contributed by atoms with Gasteiger partial charge in [0.05, 0.1) is 29.9 Å². The second-order valence-corrected chi connectivity index (χ2v) is 9.28. The molecule has 0 saturated heterocycles. The van der Waals surface area contributed by atoms with E-state index in [9.17, 15) is 28.0 Å². The number of ether oxygens (including phenoxy) is 2. The number of benzene rings is 3. The number of nitriles is 1. The van der Waals surface area contributed by atoms with Gasteiger partial charge < -0.3 is 25.6 Å². The maximum absolute atomic E-state index is 13.4. The van der Waals surface area contributed by atoms with Crippen molar-refractivity contribution in [1.82, 2.24) is 10.9 Å². The summed E-state index contributed by atoms with van der Waals surface area (Å²) in [5.41, 5.74) is 12.3. The Morgan fingerprint density at radius 3 is 2.18 bits per heavy atom. The molecular formula is C30H31F3N6O6. The third-order valence-electron chi connectivity index (χ3n) is 5.57. The van der Waals surface area contributed by atoms with Crippen LogP contribution in [0.3, 0.4) is 0 Å². The van der Waals surface area contributed by atoms with E-state index in [1.54, 1.807) is 54.6 Å². The second kappa shape index (κ2) is 16.2. The topological polar surface area (TPSA) is 200 Å². The highest BCUT2D eigenvalue weighted by atomic mass is 19.4. The van der Waals surface area contributed by atoms with Crippen molar-refractivity contribution < 1.29 is 42.1 Å². The molecule has 0 spiro atoms. The van der Waals surface area contributed by atoms with Gasteiger partial charge in [-0.1, -0.05) is 18.2 Å². The molecule has 45 heavy (non-hydrogen) atoms. The van der Waals surface area contributed by atoms with Gasteiger partial charge in [-0.2, -0.15) is 18.4 Å². The van der Waals surface area contributed by atoms with E-state index in [0.29, 0.717) is 34.9 Å². The molecule has 7 N–H and O–H groups in total. The monoisotopic (exact) mass is 628 g/mol. The second-order valence-electron chi connectivity index (χ2n) is 9.28. The number of nitrogens with one attached hydrogen (secondary N) is 4. The van der Waals surface area contributed by atoms with Crippen molar-refractivity contribution in [3.63, 3.8) is 0 Å². The number of halogens is 3. The first-order valence-electron chi connectivity index (χ1n) is 13.2. The lowest BCUT2D eigenvalue weighted by Gasteiger charge is -2.22. The van der Waals surface area contributed by atoms with Crippen LogP contribution in [-0.2, 0) is 9.59 Å². The number of carbonyl (C=O) groups excluding carboxylic acids is 2. The average Bonchev–Trinajstić information content (AvgIpc) is 2.99. The molecule has 0 bridgehead atoms. The lowest BCUT2D eigenvalue weighted by Crippen LogP contribution is -2.45. The molecule has 15 heteroatoms. The van der Waals surface area contributed by atoms with E-state index in [-0.39, 0.29) is 23.1 Å². The van der Waals surface area contributed by atoms with Gasteiger partial charge in [0.25, 0.3) is 11.8 Å². The number of alkyl halides is 3. The summed E-state index contributed by atoms with van der Waals surface area (Å²) in [7, 11) is 0. The largest absolute Gasteiger partial charge is 0.490 e. The van der Waals surface area contributed by atoms with Crippen LogP contribution in [0, 0.1) is 16.7 Å². The van der Waals surface area contributed by atoms with Crippen molar-refractivity contribution in [3.05, 3.63) is 89.0 Å². The molecule has 0 aromatic heterocycles. The SMILES string of the molecule is CCOc1cc(C(Nc2ccc(C(=N)N)cc2)C(=O)NNC(=O)c2ccccc2C#N)ccc1OC(C)C.O=C(O)C(F)(F)F. The van der Waals surface area contributed by atoms with Gasteiger partial charge in [-0.15, -0.1) is 0 Å². The minimum absolute atomic E-state index is 0.0756. The van der Waals surface area contributed by atoms with Crippen LogP contribution in [0.5, 0.6) is 11.5 Å². The van der Waals surface area contributed by atoms with E-state index in [0.717, 1.165) is 0 Å². The van der Waals surface area contributed by atoms with Crippen LogP contribution in [-0.4, -0.2) is 47.6 Å². The summed E-state index contributed by atoms with van der Waals surface area (Å²) in [5.74, 6) is -3.02. The van der Waals surface area contributed by atoms with E-state index in [4.69, 9.17) is 30.5 Å². The highest BCUT2D eigenvalue weighted by Gasteiger charge is 2.38. The molecule has 0 aliphatic carbocycles. The number of nitrogen functional groups attached to an aromatic ring is 1. The number of nitrogens with zero attached hydrogens (tertiary/aromatic N) is 1. The van der Waals surface area contributed by atoms with Crippen LogP contribution >= 0.6 is 0 Å². The average molecular weight is 629 g/mol. The Kier molecular flexibility index (Phi) is 12.7. The Hall–Kier alpha value is -5.78. The molecule has 238 valence electrons. The van der Waals surface area contributed by atoms with Crippen molar-refractivity contribution in [2.75, 3.05) is 11.9 Å². The van der Waals surface area contributed by atoms with Gasteiger partial charge in [0, 0.05) is 11.3 Å². The quantitative estimate of drug-likeness (QED) is 0.108. The molecule has 0 aliphatic rings. The van der Waals surface area contributed by atoms with Crippen molar-refractivity contribution in [2.24, 2.45) is 5.73 Å². The van der Waals surface area contributed by atoms with Crippen molar-refractivity contribution in [1.29, 1.82) is 10.7 Å². The third-order valence-corrected chi connectivity index (χ3v) is 5.57. The summed E-state index contributed by atoms with van der Waals surface area (Å²) in [4.78, 5) is 34.9. The zero-order chi connectivity index (χ0) is 33.7. The van der Waals surface area contributed by atoms with E-state index < -0.39 is 30.0 Å². The molecule has 2 amide bonds. The first-order chi connectivity index (χ1) is 21.2. The number of amides is 2. The number of hydrogen-bond acceptors (Lipinski definition) is 8. The molecular weight excluding hydrogens is 597 g/mol. The first-order valence-corrected chi connectivity index (χ1v) is 13.2. The van der Waals surface area contributed by atoms with Crippen LogP contribution in [0.15, 0.2) is 66.7 Å². The molecule has 3 aromatic carbocycles. The summed E-state index contributed by atoms with van der Waals surface area (Å²) in [6.45, 7) is 6.04. The summed E-state index contributed by atoms with van der Waals surface area (Å²) in [5, 5.41) is 27.1. The van der Waals surface area contributed by atoms with Crippen LogP contribution in [0.4, 0.5) is 18.9 Å². The highest BCUT2D eigenvalue weighted by molar-refractivity contribution is 5.98. The first kappa shape index (κ1) is 35.4. The van der Waals surface area contributed by atoms with Gasteiger partial charge in [0.15, 0.2) is 11.5 Å². The molecule has 1 unspecified atom stereocenters. The van der Waals surface area contributed by atoms with Crippen molar-refractivity contribution >= 4 is 29.3 Å². The predicted molar refractivity (Wildman–Crippen MR) is 158 cm³/mol. The van der Waals surface area contributed by atoms with E-state index >= 15 is 0 Å². The summed E-state index contributed by atoms with van der Waals surface area (Å²) in [6, 6.07) is 19.1. The number of hydrogen-bond donors (Lipinski definition) is 6. The zero-order valence-corrected chi connectivity index (χ0v) is 24.4. The Morgan fingerprint density at radius 2 is 1.64 bits per heavy atom. The number of rotatable bonds is 10. The lowest BCUT2D eigenvalue weighted by molar-refractivity contribution is -0.192. The molecule has 12 nitrogen and oxygen atoms in total. The molecule has 0 heterocycles. The van der Waals surface area contributed by atoms with E-state index in [2.05, 4.69) is 16.2 Å². The van der Waals surface area contributed by atoms with Gasteiger partial charge in [-0.25, -0.2) is 4.79 Å². The minimum Gasteiger partial charge on any atom is -0.490 e. The Balaban J connectivity index is 0.000000900. The van der Waals surface area contributed by atoms with Gasteiger partial charge in [0.1, 0.15) is 11.9 Å². The number of amidine groups is 1. The molecule has 0 aliphatic heterocycles. The van der Waals surface area contributed by atoms with Gasteiger partial charge >= 0.3 is 12.1 Å². The fourth-order valence-corrected chi connectivity index (χ4v) is 3.57. The number of carboxylic acids is 1. The van der Waals surface area contributed by atoms with Gasteiger partial charge in [-0.3, -0.25) is 25.8 Å². The number of anilines is 1. The summed E-state index contributed by atoms with van der Waals surface area (Å²) < 4.78 is 43.3. The number of nitrogens with two attached hydrogens (primary N) is 1. The normalized spacial score (nSPS) is 11.2. The molecule has 0 radical (unpaired) electrons. The van der Waals surface area contributed by atoms with Crippen LogP contribution < -0.4 is 31.4 Å². The molecule has 0 fully saturated rings. The molecule has 0 saturated carbocycles. The van der Waals surface area contributed by atoms with Crippen molar-refractivity contribution in [3.8, 4) is 17.6 Å². The summed E-state index contributed by atoms with van der Waals surface area (Å²) >= 11 is 0. The third kappa shape index (κ3) is 10.8. The number of carboxylic acid groups (broad SMARTS) is 1. The Morgan fingerprint density at radius 1 is 1.02 bits per heavy atom. The lowest BCUT2D eigenvalue weighted by atomic mass is 10.0. The van der Waals surface area contributed by atoms with Gasteiger partial charge in [-0.05, 0) is 74.9 Å². The van der Waals surface area contributed by atoms with Crippen LogP contribution in [0.1, 0.15) is 53.9 Å². The number of carbonyl (C=O) groups is 3. The number of aliphatic carboxylic acids is 1. The number of hydrazine groups is 1. The minimum atomic E-state index is -5.08. The van der Waals surface area contributed by atoms with Crippen molar-refractivity contribution in [2.45, 2.75) is 39.1 Å². The highest BCUT2D eigenvalue weighted by Crippen LogP contribution is 2.33. The van der Waals surface area contributed by atoms with Crippen LogP contribution in [0.25, 0.3) is 0 Å². The maximum atomic E-state index is 13.4. The molecule has 3 aromatic rings.